The number of rotatable bonds is 11. The Kier molecular flexibility index (Phi) is 11.2. The summed E-state index contributed by atoms with van der Waals surface area (Å²) in [6.07, 6.45) is 1.26. The molecule has 8 heteroatoms. The molecule has 2 aromatic rings. The number of benzene rings is 2. The van der Waals surface area contributed by atoms with Crippen LogP contribution in [0.5, 0.6) is 5.75 Å². The molecular weight excluding hydrogens is 539 g/mol. The lowest BCUT2D eigenvalue weighted by atomic mass is 10.0. The molecule has 2 amide bonds. The first-order valence-electron chi connectivity index (χ1n) is 11.5. The van der Waals surface area contributed by atoms with Gasteiger partial charge in [-0.15, -0.1) is 0 Å². The molecule has 186 valence electrons. The molecule has 34 heavy (non-hydrogen) atoms. The van der Waals surface area contributed by atoms with Crippen LogP contribution in [0.1, 0.15) is 64.5 Å². The van der Waals surface area contributed by atoms with Crippen LogP contribution >= 0.6 is 39.1 Å². The number of amides is 2. The van der Waals surface area contributed by atoms with Crippen LogP contribution in [0.4, 0.5) is 0 Å². The Balaban J connectivity index is 2.26. The monoisotopic (exact) mass is 570 g/mol. The minimum absolute atomic E-state index is 0.00940. The van der Waals surface area contributed by atoms with Crippen LogP contribution in [0.25, 0.3) is 0 Å². The molecule has 0 bridgehead atoms. The average molecular weight is 572 g/mol. The minimum Gasteiger partial charge on any atom is -0.483 e. The van der Waals surface area contributed by atoms with Crippen molar-refractivity contribution in [1.29, 1.82) is 0 Å². The van der Waals surface area contributed by atoms with E-state index in [4.69, 9.17) is 27.9 Å². The lowest BCUT2D eigenvalue weighted by Gasteiger charge is -2.31. The Hall–Kier alpha value is -1.76. The second-order valence-corrected chi connectivity index (χ2v) is 10.3. The molecule has 1 N–H and O–H groups in total. The Morgan fingerprint density at radius 1 is 1.03 bits per heavy atom. The zero-order chi connectivity index (χ0) is 25.4. The van der Waals surface area contributed by atoms with Crippen LogP contribution in [-0.2, 0) is 16.1 Å². The van der Waals surface area contributed by atoms with E-state index in [1.165, 1.54) is 5.56 Å². The van der Waals surface area contributed by atoms with Crippen molar-refractivity contribution in [2.75, 3.05) is 6.61 Å². The third kappa shape index (κ3) is 7.89. The summed E-state index contributed by atoms with van der Waals surface area (Å²) in [6, 6.07) is 10.4. The van der Waals surface area contributed by atoms with Crippen LogP contribution in [0.15, 0.2) is 40.9 Å². The topological polar surface area (TPSA) is 58.6 Å². The summed E-state index contributed by atoms with van der Waals surface area (Å²) in [5.74, 6) is 0.470. The quantitative estimate of drug-likeness (QED) is 0.316. The smallest absolute Gasteiger partial charge is 0.261 e. The SMILES string of the molecule is CC[C@H](C)NC(=O)[C@H](CC)N(Cc1ccc(Cl)c(Cl)c1)C(=O)COc1ccc(C(C)C)cc1Br. The van der Waals surface area contributed by atoms with Crippen LogP contribution in [-0.4, -0.2) is 35.4 Å². The number of nitrogens with one attached hydrogen (secondary N) is 1. The molecule has 0 aliphatic rings. The molecule has 0 fully saturated rings. The highest BCUT2D eigenvalue weighted by molar-refractivity contribution is 9.10. The van der Waals surface area contributed by atoms with E-state index in [2.05, 4.69) is 35.1 Å². The molecule has 0 saturated heterocycles. The third-order valence-corrected chi connectivity index (χ3v) is 7.06. The van der Waals surface area contributed by atoms with Crippen molar-refractivity contribution in [2.45, 2.75) is 72.0 Å². The Labute approximate surface area is 221 Å². The van der Waals surface area contributed by atoms with Gasteiger partial charge in [-0.2, -0.15) is 0 Å². The molecule has 0 spiro atoms. The van der Waals surface area contributed by atoms with E-state index < -0.39 is 6.04 Å². The van der Waals surface area contributed by atoms with E-state index in [0.29, 0.717) is 28.1 Å². The summed E-state index contributed by atoms with van der Waals surface area (Å²) in [5.41, 5.74) is 1.94. The van der Waals surface area contributed by atoms with E-state index in [0.717, 1.165) is 16.5 Å². The lowest BCUT2D eigenvalue weighted by molar-refractivity contribution is -0.143. The van der Waals surface area contributed by atoms with Crippen molar-refractivity contribution >= 4 is 50.9 Å². The van der Waals surface area contributed by atoms with Gasteiger partial charge >= 0.3 is 0 Å². The van der Waals surface area contributed by atoms with Gasteiger partial charge < -0.3 is 15.0 Å². The van der Waals surface area contributed by atoms with Gasteiger partial charge in [0.15, 0.2) is 6.61 Å². The number of hydrogen-bond acceptors (Lipinski definition) is 3. The van der Waals surface area contributed by atoms with E-state index in [1.54, 1.807) is 23.1 Å². The minimum atomic E-state index is -0.647. The van der Waals surface area contributed by atoms with E-state index in [-0.39, 0.29) is 31.0 Å². The molecule has 0 aromatic heterocycles. The van der Waals surface area contributed by atoms with Gasteiger partial charge in [0.1, 0.15) is 11.8 Å². The van der Waals surface area contributed by atoms with Gasteiger partial charge in [0.2, 0.25) is 5.91 Å². The van der Waals surface area contributed by atoms with Crippen molar-refractivity contribution in [3.63, 3.8) is 0 Å². The molecule has 0 heterocycles. The normalized spacial score (nSPS) is 12.9. The first-order valence-corrected chi connectivity index (χ1v) is 13.1. The molecule has 0 radical (unpaired) electrons. The molecule has 0 unspecified atom stereocenters. The van der Waals surface area contributed by atoms with Crippen molar-refractivity contribution in [3.8, 4) is 5.75 Å². The number of halogens is 3. The predicted molar refractivity (Wildman–Crippen MR) is 143 cm³/mol. The highest BCUT2D eigenvalue weighted by Crippen LogP contribution is 2.29. The zero-order valence-electron chi connectivity index (χ0n) is 20.3. The Bertz CT molecular complexity index is 1000. The van der Waals surface area contributed by atoms with Gasteiger partial charge in [-0.1, -0.05) is 63.0 Å². The molecular formula is C26H33BrCl2N2O3. The van der Waals surface area contributed by atoms with Gasteiger partial charge in [-0.3, -0.25) is 9.59 Å². The average Bonchev–Trinajstić information content (AvgIpc) is 2.79. The van der Waals surface area contributed by atoms with Crippen LogP contribution in [0.2, 0.25) is 10.0 Å². The number of hydrogen-bond donors (Lipinski definition) is 1. The van der Waals surface area contributed by atoms with Crippen molar-refractivity contribution < 1.29 is 14.3 Å². The molecule has 0 aliphatic heterocycles. The van der Waals surface area contributed by atoms with Crippen LogP contribution < -0.4 is 10.1 Å². The van der Waals surface area contributed by atoms with E-state index in [1.807, 2.05) is 39.0 Å². The second-order valence-electron chi connectivity index (χ2n) is 8.65. The maximum atomic E-state index is 13.4. The molecule has 2 rings (SSSR count). The van der Waals surface area contributed by atoms with Crippen LogP contribution in [0.3, 0.4) is 0 Å². The molecule has 2 atom stereocenters. The van der Waals surface area contributed by atoms with Crippen LogP contribution in [0, 0.1) is 0 Å². The molecule has 5 nitrogen and oxygen atoms in total. The summed E-state index contributed by atoms with van der Waals surface area (Å²) in [5, 5.41) is 3.82. The fraction of sp³-hybridized carbons (Fsp3) is 0.462. The first kappa shape index (κ1) is 28.5. The van der Waals surface area contributed by atoms with Crippen molar-refractivity contribution in [3.05, 3.63) is 62.0 Å². The van der Waals surface area contributed by atoms with Crippen molar-refractivity contribution in [1.82, 2.24) is 10.2 Å². The van der Waals surface area contributed by atoms with Gasteiger partial charge in [0, 0.05) is 12.6 Å². The van der Waals surface area contributed by atoms with Gasteiger partial charge in [-0.25, -0.2) is 0 Å². The number of carbonyl (C=O) groups is 2. The second kappa shape index (κ2) is 13.4. The largest absolute Gasteiger partial charge is 0.483 e. The molecule has 0 aliphatic carbocycles. The molecule has 0 saturated carbocycles. The van der Waals surface area contributed by atoms with E-state index >= 15 is 0 Å². The molecule has 2 aromatic carbocycles. The Morgan fingerprint density at radius 3 is 2.29 bits per heavy atom. The Morgan fingerprint density at radius 2 is 1.74 bits per heavy atom. The summed E-state index contributed by atoms with van der Waals surface area (Å²) in [6.45, 7) is 10.1. The maximum Gasteiger partial charge on any atom is 0.261 e. The number of ether oxygens (including phenoxy) is 1. The summed E-state index contributed by atoms with van der Waals surface area (Å²) < 4.78 is 6.64. The van der Waals surface area contributed by atoms with Gasteiger partial charge in [-0.05, 0) is 77.0 Å². The maximum absolute atomic E-state index is 13.4. The fourth-order valence-corrected chi connectivity index (χ4v) is 4.24. The third-order valence-electron chi connectivity index (χ3n) is 5.70. The highest BCUT2D eigenvalue weighted by Gasteiger charge is 2.29. The standard InChI is InChI=1S/C26H33BrCl2N2O3/c1-6-17(5)30-26(33)23(7-2)31(14-18-8-10-21(28)22(29)12-18)25(32)15-34-24-11-9-19(16(3)4)13-20(24)27/h8-13,16-17,23H,6-7,14-15H2,1-5H3,(H,30,33)/t17-,23-/m0/s1. The first-order chi connectivity index (χ1) is 16.1. The fourth-order valence-electron chi connectivity index (χ4n) is 3.41. The lowest BCUT2D eigenvalue weighted by Crippen LogP contribution is -2.51. The van der Waals surface area contributed by atoms with Gasteiger partial charge in [0.05, 0.1) is 14.5 Å². The summed E-state index contributed by atoms with van der Waals surface area (Å²) in [4.78, 5) is 27.9. The van der Waals surface area contributed by atoms with Crippen molar-refractivity contribution in [2.24, 2.45) is 0 Å². The van der Waals surface area contributed by atoms with E-state index in [9.17, 15) is 9.59 Å². The summed E-state index contributed by atoms with van der Waals surface area (Å²) >= 11 is 15.8. The predicted octanol–water partition coefficient (Wildman–Crippen LogP) is 6.98. The van der Waals surface area contributed by atoms with Gasteiger partial charge in [0.25, 0.3) is 5.91 Å². The number of carbonyl (C=O) groups excluding carboxylic acids is 2. The zero-order valence-corrected chi connectivity index (χ0v) is 23.4. The number of nitrogens with zero attached hydrogens (tertiary/aromatic N) is 1. The summed E-state index contributed by atoms with van der Waals surface area (Å²) in [7, 11) is 0. The highest BCUT2D eigenvalue weighted by atomic mass is 79.9.